The molecule has 180 valence electrons. The molecule has 0 aliphatic carbocycles. The lowest BCUT2D eigenvalue weighted by Gasteiger charge is -2.09. The van der Waals surface area contributed by atoms with Gasteiger partial charge < -0.3 is 5.32 Å². The van der Waals surface area contributed by atoms with Crippen molar-refractivity contribution in [2.75, 3.05) is 11.6 Å². The lowest BCUT2D eigenvalue weighted by atomic mass is 10.1. The number of aromatic nitrogens is 2. The molecule has 0 bridgehead atoms. The number of anilines is 1. The first-order valence-corrected chi connectivity index (χ1v) is 12.0. The van der Waals surface area contributed by atoms with E-state index in [-0.39, 0.29) is 21.8 Å². The molecule has 1 aromatic heterocycles. The van der Waals surface area contributed by atoms with Crippen molar-refractivity contribution in [3.63, 3.8) is 0 Å². The number of alkyl halides is 3. The molecule has 1 heterocycles. The summed E-state index contributed by atoms with van der Waals surface area (Å²) < 4.78 is 77.0. The van der Waals surface area contributed by atoms with Crippen LogP contribution in [0.3, 0.4) is 0 Å². The number of sulfone groups is 1. The summed E-state index contributed by atoms with van der Waals surface area (Å²) in [5.41, 5.74) is 0.207. The molecular weight excluding hydrogens is 486 g/mol. The van der Waals surface area contributed by atoms with Crippen molar-refractivity contribution in [2.24, 2.45) is 0 Å². The number of hydrogen-bond donors (Lipinski definition) is 1. The van der Waals surface area contributed by atoms with Crippen LogP contribution >= 0.6 is 0 Å². The zero-order valence-electron chi connectivity index (χ0n) is 18.0. The number of carbonyl (C=O) groups excluding carboxylic acids is 1. The van der Waals surface area contributed by atoms with Gasteiger partial charge in [0.2, 0.25) is 0 Å². The lowest BCUT2D eigenvalue weighted by Crippen LogP contribution is -2.13. The van der Waals surface area contributed by atoms with Crippen LogP contribution in [-0.2, 0) is 16.0 Å². The number of halogens is 4. The fourth-order valence-electron chi connectivity index (χ4n) is 3.31. The minimum atomic E-state index is -4.51. The van der Waals surface area contributed by atoms with Gasteiger partial charge in [-0.25, -0.2) is 17.5 Å². The van der Waals surface area contributed by atoms with Crippen LogP contribution in [-0.4, -0.2) is 30.4 Å². The normalized spacial score (nSPS) is 11.9. The first-order valence-electron chi connectivity index (χ1n) is 10.1. The first kappa shape index (κ1) is 24.1. The molecule has 1 N–H and O–H groups in total. The van der Waals surface area contributed by atoms with E-state index in [4.69, 9.17) is 0 Å². The highest BCUT2D eigenvalue weighted by Gasteiger charge is 2.30. The first-order chi connectivity index (χ1) is 16.4. The zero-order valence-corrected chi connectivity index (χ0v) is 18.9. The maximum absolute atomic E-state index is 13.7. The second kappa shape index (κ2) is 8.99. The van der Waals surface area contributed by atoms with Gasteiger partial charge in [-0.15, -0.1) is 0 Å². The average molecular weight is 503 g/mol. The number of rotatable bonds is 5. The molecule has 0 spiro atoms. The Morgan fingerprint density at radius 3 is 2.20 bits per heavy atom. The third-order valence-electron chi connectivity index (χ3n) is 5.06. The van der Waals surface area contributed by atoms with E-state index in [9.17, 15) is 30.8 Å². The molecule has 35 heavy (non-hydrogen) atoms. The Bertz CT molecular complexity index is 1490. The van der Waals surface area contributed by atoms with Gasteiger partial charge in [-0.2, -0.15) is 18.3 Å². The van der Waals surface area contributed by atoms with E-state index in [0.717, 1.165) is 30.5 Å². The molecule has 0 saturated carbocycles. The van der Waals surface area contributed by atoms with E-state index in [1.807, 2.05) is 0 Å². The van der Waals surface area contributed by atoms with E-state index in [1.54, 1.807) is 6.07 Å². The van der Waals surface area contributed by atoms with Gasteiger partial charge in [0.05, 0.1) is 21.7 Å². The van der Waals surface area contributed by atoms with Gasteiger partial charge in [0.25, 0.3) is 5.91 Å². The van der Waals surface area contributed by atoms with Crippen LogP contribution < -0.4 is 5.32 Å². The number of benzene rings is 3. The molecule has 11 heteroatoms. The highest BCUT2D eigenvalue weighted by Crippen LogP contribution is 2.30. The monoisotopic (exact) mass is 503 g/mol. The van der Waals surface area contributed by atoms with E-state index in [1.165, 1.54) is 53.3 Å². The highest BCUT2D eigenvalue weighted by molar-refractivity contribution is 7.90. The van der Waals surface area contributed by atoms with E-state index in [0.29, 0.717) is 11.3 Å². The van der Waals surface area contributed by atoms with Crippen molar-refractivity contribution in [1.29, 1.82) is 0 Å². The molecule has 0 aliphatic heterocycles. The summed E-state index contributed by atoms with van der Waals surface area (Å²) >= 11 is 0. The Morgan fingerprint density at radius 2 is 1.63 bits per heavy atom. The topological polar surface area (TPSA) is 81.1 Å². The number of carbonyl (C=O) groups is 1. The van der Waals surface area contributed by atoms with Crippen molar-refractivity contribution >= 4 is 21.4 Å². The Kier molecular flexibility index (Phi) is 6.20. The molecule has 0 atom stereocenters. The van der Waals surface area contributed by atoms with Gasteiger partial charge in [-0.1, -0.05) is 18.2 Å². The Labute approximate surface area is 197 Å². The van der Waals surface area contributed by atoms with E-state index >= 15 is 0 Å². The van der Waals surface area contributed by atoms with Crippen molar-refractivity contribution in [3.05, 3.63) is 95.9 Å². The molecule has 4 rings (SSSR count). The number of hydrogen-bond acceptors (Lipinski definition) is 4. The number of nitrogens with zero attached hydrogens (tertiary/aromatic N) is 2. The van der Waals surface area contributed by atoms with Crippen molar-refractivity contribution in [3.8, 4) is 16.9 Å². The van der Waals surface area contributed by atoms with Crippen LogP contribution in [0.5, 0.6) is 0 Å². The Hall–Kier alpha value is -3.99. The van der Waals surface area contributed by atoms with Crippen LogP contribution in [0.4, 0.5) is 23.2 Å². The van der Waals surface area contributed by atoms with Gasteiger partial charge in [0, 0.05) is 23.7 Å². The standard InChI is InChI=1S/C24H17F4N3O3S/c1-35(33,34)20-11-5-15(6-12-20)22-21(14-31(30-22)19-4-2-3-17(25)13-19)23(32)29-18-9-7-16(8-10-18)24(26,27)28/h2-14H,1H3,(H,29,32). The van der Waals surface area contributed by atoms with Crippen molar-refractivity contribution < 1.29 is 30.8 Å². The molecule has 3 aromatic carbocycles. The van der Waals surface area contributed by atoms with Gasteiger partial charge in [0.15, 0.2) is 9.84 Å². The predicted molar refractivity (Wildman–Crippen MR) is 121 cm³/mol. The SMILES string of the molecule is CS(=O)(=O)c1ccc(-c2nn(-c3cccc(F)c3)cc2C(=O)Nc2ccc(C(F)(F)F)cc2)cc1. The minimum absolute atomic E-state index is 0.0428. The largest absolute Gasteiger partial charge is 0.416 e. The maximum atomic E-state index is 13.7. The van der Waals surface area contributed by atoms with Gasteiger partial charge in [-0.3, -0.25) is 4.79 Å². The summed E-state index contributed by atoms with van der Waals surface area (Å²) in [6.07, 6.45) is -2.10. The van der Waals surface area contributed by atoms with Crippen LogP contribution in [0.15, 0.2) is 83.9 Å². The van der Waals surface area contributed by atoms with Crippen LogP contribution in [0, 0.1) is 5.82 Å². The third-order valence-corrected chi connectivity index (χ3v) is 6.19. The average Bonchev–Trinajstić information content (AvgIpc) is 3.24. The summed E-state index contributed by atoms with van der Waals surface area (Å²) in [4.78, 5) is 13.1. The summed E-state index contributed by atoms with van der Waals surface area (Å²) in [6, 6.07) is 15.1. The third kappa shape index (κ3) is 5.40. The molecular formula is C24H17F4N3O3S. The Morgan fingerprint density at radius 1 is 0.971 bits per heavy atom. The molecule has 4 aromatic rings. The van der Waals surface area contributed by atoms with Crippen LogP contribution in [0.1, 0.15) is 15.9 Å². The second-order valence-corrected chi connectivity index (χ2v) is 9.66. The summed E-state index contributed by atoms with van der Waals surface area (Å²) in [5, 5.41) is 6.91. The molecule has 0 aliphatic rings. The summed E-state index contributed by atoms with van der Waals surface area (Å²) in [7, 11) is -3.45. The zero-order chi connectivity index (χ0) is 25.4. The fraction of sp³-hybridized carbons (Fsp3) is 0.0833. The second-order valence-electron chi connectivity index (χ2n) is 7.64. The van der Waals surface area contributed by atoms with Crippen LogP contribution in [0.25, 0.3) is 16.9 Å². The van der Waals surface area contributed by atoms with Gasteiger partial charge in [-0.05, 0) is 54.6 Å². The fourth-order valence-corrected chi connectivity index (χ4v) is 3.94. The maximum Gasteiger partial charge on any atom is 0.416 e. The smallest absolute Gasteiger partial charge is 0.322 e. The Balaban J connectivity index is 1.73. The van der Waals surface area contributed by atoms with E-state index in [2.05, 4.69) is 10.4 Å². The molecule has 0 unspecified atom stereocenters. The van der Waals surface area contributed by atoms with Crippen LogP contribution in [0.2, 0.25) is 0 Å². The molecule has 0 fully saturated rings. The van der Waals surface area contributed by atoms with Gasteiger partial charge >= 0.3 is 6.18 Å². The van der Waals surface area contributed by atoms with Crippen molar-refractivity contribution in [2.45, 2.75) is 11.1 Å². The number of amides is 1. The van der Waals surface area contributed by atoms with Crippen molar-refractivity contribution in [1.82, 2.24) is 9.78 Å². The number of nitrogens with one attached hydrogen (secondary N) is 1. The molecule has 0 saturated heterocycles. The highest BCUT2D eigenvalue weighted by atomic mass is 32.2. The van der Waals surface area contributed by atoms with E-state index < -0.39 is 33.3 Å². The summed E-state index contributed by atoms with van der Waals surface area (Å²) in [6.45, 7) is 0. The lowest BCUT2D eigenvalue weighted by molar-refractivity contribution is -0.137. The molecule has 1 amide bonds. The molecule has 6 nitrogen and oxygen atoms in total. The molecule has 0 radical (unpaired) electrons. The van der Waals surface area contributed by atoms with Gasteiger partial charge in [0.1, 0.15) is 11.5 Å². The predicted octanol–water partition coefficient (Wildman–Crippen LogP) is 5.35. The minimum Gasteiger partial charge on any atom is -0.322 e. The quantitative estimate of drug-likeness (QED) is 0.372. The summed E-state index contributed by atoms with van der Waals surface area (Å²) in [5.74, 6) is -1.19.